The first kappa shape index (κ1) is 14.1. The Bertz CT molecular complexity index is 975. The maximum atomic E-state index is 12.8. The summed E-state index contributed by atoms with van der Waals surface area (Å²) in [6, 6.07) is 7.09. The van der Waals surface area contributed by atoms with Crippen molar-refractivity contribution < 1.29 is 8.42 Å². The number of benzene rings is 1. The van der Waals surface area contributed by atoms with E-state index in [1.807, 2.05) is 6.92 Å². The minimum Gasteiger partial charge on any atom is -0.365 e. The molecule has 2 heterocycles. The van der Waals surface area contributed by atoms with Gasteiger partial charge < -0.3 is 5.32 Å². The summed E-state index contributed by atoms with van der Waals surface area (Å²) < 4.78 is 26.7. The number of aryl methyl sites for hydroxylation is 1. The summed E-state index contributed by atoms with van der Waals surface area (Å²) >= 11 is 0. The van der Waals surface area contributed by atoms with Gasteiger partial charge in [-0.05, 0) is 31.9 Å². The Balaban J connectivity index is 1.83. The van der Waals surface area contributed by atoms with Crippen molar-refractivity contribution in [2.24, 2.45) is 0 Å². The zero-order valence-corrected chi connectivity index (χ0v) is 13.3. The molecule has 0 saturated heterocycles. The molecule has 4 rings (SSSR count). The number of imidazole rings is 1. The van der Waals surface area contributed by atoms with Crippen LogP contribution < -0.4 is 5.32 Å². The number of anilines is 1. The second-order valence-electron chi connectivity index (χ2n) is 5.67. The second-order valence-corrected chi connectivity index (χ2v) is 7.49. The van der Waals surface area contributed by atoms with E-state index in [-0.39, 0.29) is 10.5 Å². The third-order valence-electron chi connectivity index (χ3n) is 3.80. The van der Waals surface area contributed by atoms with Gasteiger partial charge in [0.15, 0.2) is 17.0 Å². The molecule has 118 valence electrons. The number of nitrogens with zero attached hydrogens (tertiary/aromatic N) is 4. The lowest BCUT2D eigenvalue weighted by atomic mass is 10.2. The predicted molar refractivity (Wildman–Crippen MR) is 85.7 cm³/mol. The third kappa shape index (κ3) is 2.44. The zero-order valence-electron chi connectivity index (χ0n) is 12.5. The Kier molecular flexibility index (Phi) is 3.08. The Morgan fingerprint density at radius 1 is 1.13 bits per heavy atom. The fourth-order valence-electron chi connectivity index (χ4n) is 2.34. The van der Waals surface area contributed by atoms with Crippen LogP contribution in [0.5, 0.6) is 0 Å². The molecule has 0 bridgehead atoms. The van der Waals surface area contributed by atoms with Crippen molar-refractivity contribution in [2.75, 3.05) is 5.32 Å². The van der Waals surface area contributed by atoms with E-state index in [1.54, 1.807) is 24.3 Å². The van der Waals surface area contributed by atoms with Crippen LogP contribution in [-0.4, -0.2) is 33.4 Å². The van der Waals surface area contributed by atoms with Crippen LogP contribution in [0.3, 0.4) is 0 Å². The van der Waals surface area contributed by atoms with Gasteiger partial charge in [-0.2, -0.15) is 0 Å². The normalized spacial score (nSPS) is 15.0. The molecule has 7 nitrogen and oxygen atoms in total. The number of nitrogens with one attached hydrogen (secondary N) is 1. The van der Waals surface area contributed by atoms with Crippen molar-refractivity contribution in [1.29, 1.82) is 0 Å². The van der Waals surface area contributed by atoms with Crippen molar-refractivity contribution in [2.45, 2.75) is 30.7 Å². The molecule has 0 atom stereocenters. The summed E-state index contributed by atoms with van der Waals surface area (Å²) in [5, 5.41) is 3.25. The molecule has 1 aromatic carbocycles. The lowest BCUT2D eigenvalue weighted by Crippen LogP contribution is -2.13. The third-order valence-corrected chi connectivity index (χ3v) is 5.45. The lowest BCUT2D eigenvalue weighted by molar-refractivity contribution is 0.588. The van der Waals surface area contributed by atoms with Gasteiger partial charge in [0.05, 0.1) is 4.90 Å². The minimum absolute atomic E-state index is 0.206. The van der Waals surface area contributed by atoms with Crippen LogP contribution in [0.2, 0.25) is 0 Å². The maximum Gasteiger partial charge on any atom is 0.270 e. The van der Waals surface area contributed by atoms with Crippen LogP contribution in [0.1, 0.15) is 18.4 Å². The highest BCUT2D eigenvalue weighted by molar-refractivity contribution is 7.90. The Labute approximate surface area is 133 Å². The number of aromatic nitrogens is 4. The molecule has 1 aliphatic rings. The largest absolute Gasteiger partial charge is 0.365 e. The van der Waals surface area contributed by atoms with Crippen LogP contribution in [0.25, 0.3) is 11.2 Å². The van der Waals surface area contributed by atoms with Crippen molar-refractivity contribution >= 4 is 27.0 Å². The van der Waals surface area contributed by atoms with Crippen molar-refractivity contribution in [3.05, 3.63) is 42.5 Å². The molecule has 3 aromatic rings. The van der Waals surface area contributed by atoms with Gasteiger partial charge in [-0.3, -0.25) is 0 Å². The van der Waals surface area contributed by atoms with Crippen LogP contribution in [0, 0.1) is 6.92 Å². The molecule has 23 heavy (non-hydrogen) atoms. The van der Waals surface area contributed by atoms with Gasteiger partial charge in [0.25, 0.3) is 10.0 Å². The fraction of sp³-hybridized carbons (Fsp3) is 0.267. The smallest absolute Gasteiger partial charge is 0.270 e. The van der Waals surface area contributed by atoms with Gasteiger partial charge in [-0.1, -0.05) is 17.7 Å². The summed E-state index contributed by atoms with van der Waals surface area (Å²) in [5.74, 6) is 0.579. The van der Waals surface area contributed by atoms with E-state index in [1.165, 1.54) is 12.7 Å². The topological polar surface area (TPSA) is 89.8 Å². The van der Waals surface area contributed by atoms with E-state index >= 15 is 0 Å². The number of hydrogen-bond donors (Lipinski definition) is 1. The van der Waals surface area contributed by atoms with E-state index in [2.05, 4.69) is 20.3 Å². The molecule has 8 heteroatoms. The van der Waals surface area contributed by atoms with Gasteiger partial charge >= 0.3 is 0 Å². The molecule has 0 spiro atoms. The van der Waals surface area contributed by atoms with Crippen LogP contribution in [0.15, 0.2) is 41.8 Å². The van der Waals surface area contributed by atoms with E-state index in [9.17, 15) is 8.42 Å². The highest BCUT2D eigenvalue weighted by Gasteiger charge is 2.25. The fourth-order valence-corrected chi connectivity index (χ4v) is 3.58. The molecule has 0 radical (unpaired) electrons. The summed E-state index contributed by atoms with van der Waals surface area (Å²) in [6.45, 7) is 1.91. The molecular weight excluding hydrogens is 314 g/mol. The molecular formula is C15H15N5O2S. The Hall–Kier alpha value is -2.48. The van der Waals surface area contributed by atoms with E-state index in [0.29, 0.717) is 17.4 Å². The molecule has 0 unspecified atom stereocenters. The number of fused-ring (bicyclic) bond motifs is 1. The van der Waals surface area contributed by atoms with Gasteiger partial charge in [0, 0.05) is 6.04 Å². The molecule has 1 fully saturated rings. The van der Waals surface area contributed by atoms with Crippen molar-refractivity contribution in [3.8, 4) is 0 Å². The van der Waals surface area contributed by atoms with Gasteiger partial charge in [0.1, 0.15) is 12.7 Å². The standard InChI is InChI=1S/C15H15N5O2S/c1-10-2-6-12(7-3-10)23(21,22)20-9-18-13-14(19-11-4-5-11)16-8-17-15(13)20/h2-3,6-9,11H,4-5H2,1H3,(H,16,17,19). The summed E-state index contributed by atoms with van der Waals surface area (Å²) in [5.41, 5.74) is 1.75. The minimum atomic E-state index is -3.73. The molecule has 1 saturated carbocycles. The van der Waals surface area contributed by atoms with Crippen LogP contribution >= 0.6 is 0 Å². The molecule has 0 amide bonds. The Morgan fingerprint density at radius 2 is 1.87 bits per heavy atom. The first-order valence-electron chi connectivity index (χ1n) is 7.32. The quantitative estimate of drug-likeness (QED) is 0.787. The summed E-state index contributed by atoms with van der Waals surface area (Å²) in [6.07, 6.45) is 4.82. The van der Waals surface area contributed by atoms with Gasteiger partial charge in [-0.25, -0.2) is 27.3 Å². The van der Waals surface area contributed by atoms with Crippen molar-refractivity contribution in [1.82, 2.24) is 18.9 Å². The zero-order chi connectivity index (χ0) is 16.0. The average molecular weight is 329 g/mol. The average Bonchev–Trinajstić information content (AvgIpc) is 3.23. The highest BCUT2D eigenvalue weighted by Crippen LogP contribution is 2.27. The molecule has 1 aliphatic carbocycles. The Morgan fingerprint density at radius 3 is 2.57 bits per heavy atom. The molecule has 0 aliphatic heterocycles. The molecule has 1 N–H and O–H groups in total. The first-order chi connectivity index (χ1) is 11.1. The maximum absolute atomic E-state index is 12.8. The van der Waals surface area contributed by atoms with E-state index in [4.69, 9.17) is 0 Å². The number of hydrogen-bond acceptors (Lipinski definition) is 6. The lowest BCUT2D eigenvalue weighted by Gasteiger charge is -2.07. The first-order valence-corrected chi connectivity index (χ1v) is 8.76. The van der Waals surface area contributed by atoms with E-state index in [0.717, 1.165) is 22.4 Å². The second kappa shape index (κ2) is 5.02. The number of rotatable bonds is 4. The van der Waals surface area contributed by atoms with Gasteiger partial charge in [-0.15, -0.1) is 0 Å². The van der Waals surface area contributed by atoms with Crippen molar-refractivity contribution in [3.63, 3.8) is 0 Å². The SMILES string of the molecule is Cc1ccc(S(=O)(=O)n2cnc3c(NC4CC4)ncnc32)cc1. The van der Waals surface area contributed by atoms with Crippen LogP contribution in [0.4, 0.5) is 5.82 Å². The predicted octanol–water partition coefficient (Wildman–Crippen LogP) is 1.95. The molecule has 2 aromatic heterocycles. The summed E-state index contributed by atoms with van der Waals surface area (Å²) in [7, 11) is -3.73. The highest BCUT2D eigenvalue weighted by atomic mass is 32.2. The monoisotopic (exact) mass is 329 g/mol. The van der Waals surface area contributed by atoms with Crippen LogP contribution in [-0.2, 0) is 10.0 Å². The van der Waals surface area contributed by atoms with E-state index < -0.39 is 10.0 Å². The summed E-state index contributed by atoms with van der Waals surface area (Å²) in [4.78, 5) is 12.7. The van der Waals surface area contributed by atoms with Gasteiger partial charge in [0.2, 0.25) is 0 Å².